The Morgan fingerprint density at radius 3 is 1.64 bits per heavy atom. The molecule has 5 rings (SSSR count). The third-order valence-corrected chi connectivity index (χ3v) is 18.4. The number of phosphoric ester groups is 1. The van der Waals surface area contributed by atoms with Gasteiger partial charge in [-0.2, -0.15) is 0 Å². The second kappa shape index (κ2) is 43.2. The van der Waals surface area contributed by atoms with Gasteiger partial charge in [-0.1, -0.05) is 168 Å². The van der Waals surface area contributed by atoms with Gasteiger partial charge in [-0.05, 0) is 29.2 Å². The molecule has 0 spiro atoms. The van der Waals surface area contributed by atoms with Crippen LogP contribution in [0.1, 0.15) is 200 Å². The lowest BCUT2D eigenvalue weighted by Crippen LogP contribution is -2.80. The third-order valence-electron chi connectivity index (χ3n) is 17.4. The number of aliphatic hydroxyl groups is 9. The first kappa shape index (κ1) is 80.5. The fourth-order valence-electron chi connectivity index (χ4n) is 11.7. The van der Waals surface area contributed by atoms with Crippen LogP contribution in [-0.4, -0.2) is 216 Å². The van der Waals surface area contributed by atoms with Gasteiger partial charge in [0.1, 0.15) is 86.0 Å². The van der Waals surface area contributed by atoms with E-state index >= 15 is 0 Å². The predicted molar refractivity (Wildman–Crippen MR) is 333 cm³/mol. The maximum atomic E-state index is 13.8. The second-order valence-corrected chi connectivity index (χ2v) is 26.3. The summed E-state index contributed by atoms with van der Waals surface area (Å²) in [6.07, 6.45) is -3.51. The van der Waals surface area contributed by atoms with Crippen molar-refractivity contribution >= 4 is 48.1 Å². The molecule has 32 heteroatoms. The summed E-state index contributed by atoms with van der Waals surface area (Å²) in [6, 6.07) is 0.904. The Hall–Kier alpha value is -4.22. The zero-order valence-electron chi connectivity index (χ0n) is 54.6. The monoisotopic (exact) mass is 1370 g/mol. The summed E-state index contributed by atoms with van der Waals surface area (Å²) in [5.74, 6) is -2.03. The molecule has 18 atom stereocenters. The average molecular weight is 1370 g/mol. The molecule has 3 fully saturated rings. The van der Waals surface area contributed by atoms with Crippen LogP contribution in [0.5, 0.6) is 0 Å². The van der Waals surface area contributed by atoms with Crippen LogP contribution in [0.2, 0.25) is 0 Å². The maximum Gasteiger partial charge on any atom is 0.306 e. The molecule has 94 heavy (non-hydrogen) atoms. The maximum absolute atomic E-state index is 13.8. The van der Waals surface area contributed by atoms with E-state index in [4.69, 9.17) is 37.5 Å². The molecule has 2 aromatic rings. The number of nitrogens with zero attached hydrogens (tertiary/aromatic N) is 3. The highest BCUT2D eigenvalue weighted by molar-refractivity contribution is 7.45. The number of nitro benzene ring substituents is 1. The van der Waals surface area contributed by atoms with Crippen molar-refractivity contribution in [2.75, 3.05) is 38.2 Å². The van der Waals surface area contributed by atoms with Crippen LogP contribution in [0.4, 0.5) is 11.4 Å². The van der Waals surface area contributed by atoms with Crippen LogP contribution in [0.15, 0.2) is 16.8 Å². The fraction of sp³-hybridized carbons (Fsp3) is 0.855. The Morgan fingerprint density at radius 1 is 0.606 bits per heavy atom. The molecule has 0 bridgehead atoms. The number of anilines is 1. The Morgan fingerprint density at radius 2 is 1.10 bits per heavy atom. The summed E-state index contributed by atoms with van der Waals surface area (Å²) < 4.78 is 63.7. The number of non-ortho nitro benzene ring substituents is 1. The van der Waals surface area contributed by atoms with E-state index in [1.165, 1.54) is 96.0 Å². The van der Waals surface area contributed by atoms with Crippen molar-refractivity contribution in [1.29, 1.82) is 0 Å². The van der Waals surface area contributed by atoms with Gasteiger partial charge in [-0.15, -0.1) is 0 Å². The van der Waals surface area contributed by atoms with Crippen molar-refractivity contribution in [3.63, 3.8) is 0 Å². The number of amides is 1. The highest BCUT2D eigenvalue weighted by Crippen LogP contribution is 2.45. The number of aromatic nitrogens is 2. The van der Waals surface area contributed by atoms with E-state index in [0.717, 1.165) is 70.3 Å². The molecule has 1 aliphatic carbocycles. The van der Waals surface area contributed by atoms with Crippen LogP contribution < -0.4 is 21.3 Å². The second-order valence-electron chi connectivity index (χ2n) is 25.0. The van der Waals surface area contributed by atoms with Gasteiger partial charge >= 0.3 is 17.6 Å². The first-order chi connectivity index (χ1) is 45.1. The minimum absolute atomic E-state index is 0.00317. The third kappa shape index (κ3) is 26.6. The van der Waals surface area contributed by atoms with Crippen LogP contribution in [0.3, 0.4) is 0 Å². The molecule has 1 aromatic carbocycles. The van der Waals surface area contributed by atoms with Gasteiger partial charge in [-0.3, -0.25) is 29.1 Å². The number of rotatable bonds is 48. The number of hydrogen-bond acceptors (Lipinski definition) is 28. The highest BCUT2D eigenvalue weighted by Gasteiger charge is 2.57. The van der Waals surface area contributed by atoms with Gasteiger partial charge in [0.15, 0.2) is 24.0 Å². The molecule has 1 amide bonds. The number of phosphoric acid groups is 1. The zero-order valence-corrected chi connectivity index (χ0v) is 55.5. The molecule has 1 unspecified atom stereocenters. The molecule has 2 saturated heterocycles. The largest absolute Gasteiger partial charge is 0.756 e. The summed E-state index contributed by atoms with van der Waals surface area (Å²) in [4.78, 5) is 64.3. The zero-order chi connectivity index (χ0) is 68.6. The Bertz CT molecular complexity index is 2540. The lowest BCUT2D eigenvalue weighted by Gasteiger charge is -2.48. The standard InChI is InChI=1S/C62H107N6O25P/c1-3-5-7-9-11-13-15-17-19-21-23-25-27-29-45(71)85-37-39(87-46(72)30-28-26-24-22-20-18-16-14-12-10-8-6-4-2)38-86-94(83,84)92-60-56(79)54(77)53(76)55(78)59(60)91-61-47(63)51(74)58(90-62-57(80)52(75)50(73)43(36-69)89-62)42(88-61)35-65-44(70)33-34-64-40-31-32-41(68(81)82)49-48(40)66-93-67-49/h31-32,39,42-43,47,50-62,64,69,73-80H,3-30,33-38,63H2,1-2H3,(H,65,70)(H,83,84)/t39-,42-,43-,47-,50-,51-,52+,53-,54-,55+,56-,57+,58-,59-,60-,61-,62-/m1/s1. The van der Waals surface area contributed by atoms with E-state index < -0.39 is 161 Å². The van der Waals surface area contributed by atoms with Crippen molar-refractivity contribution in [2.24, 2.45) is 0 Å². The van der Waals surface area contributed by atoms with Gasteiger partial charge < -0.3 is 105 Å². The number of aliphatic hydroxyl groups excluding tert-OH is 9. The number of esters is 2. The van der Waals surface area contributed by atoms with E-state index in [1.807, 2.05) is 0 Å². The van der Waals surface area contributed by atoms with Gasteiger partial charge in [0.25, 0.3) is 7.82 Å². The van der Waals surface area contributed by atoms with Crippen molar-refractivity contribution in [3.05, 3.63) is 22.2 Å². The quantitative estimate of drug-likeness (QED) is 0.0149. The molecule has 1 aromatic heterocycles. The van der Waals surface area contributed by atoms with E-state index in [0.29, 0.717) is 12.8 Å². The number of hydrogen-bond donors (Lipinski definition) is 12. The summed E-state index contributed by atoms with van der Waals surface area (Å²) >= 11 is 0. The predicted octanol–water partition coefficient (Wildman–Crippen LogP) is 3.06. The Kier molecular flexibility index (Phi) is 37.0. The highest BCUT2D eigenvalue weighted by atomic mass is 31.2. The van der Waals surface area contributed by atoms with Crippen molar-refractivity contribution < 1.29 is 123 Å². The Labute approximate surface area is 549 Å². The number of nitrogens with one attached hydrogen (secondary N) is 2. The van der Waals surface area contributed by atoms with E-state index in [2.05, 4.69) is 45.2 Å². The molecule has 2 aliphatic heterocycles. The number of carbonyl (C=O) groups is 3. The lowest BCUT2D eigenvalue weighted by atomic mass is 9.84. The van der Waals surface area contributed by atoms with E-state index in [-0.39, 0.29) is 48.2 Å². The Balaban J connectivity index is 1.23. The first-order valence-corrected chi connectivity index (χ1v) is 35.5. The topological polar surface area (TPSA) is 481 Å². The number of ether oxygens (including phenoxy) is 6. The van der Waals surface area contributed by atoms with Crippen LogP contribution >= 0.6 is 7.82 Å². The molecule has 31 nitrogen and oxygen atoms in total. The first-order valence-electron chi connectivity index (χ1n) is 34.0. The number of quaternary nitrogens is 1. The number of unbranched alkanes of at least 4 members (excludes halogenated alkanes) is 24. The number of benzene rings is 1. The molecular weight excluding hydrogens is 1260 g/mol. The van der Waals surface area contributed by atoms with Crippen LogP contribution in [-0.2, 0) is 56.4 Å². The smallest absolute Gasteiger partial charge is 0.306 e. The molecule has 1 saturated carbocycles. The van der Waals surface area contributed by atoms with Crippen molar-refractivity contribution in [2.45, 2.75) is 304 Å². The van der Waals surface area contributed by atoms with Crippen LogP contribution in [0, 0.1) is 10.1 Å². The number of nitro groups is 1. The number of carbonyl (C=O) groups excluding carboxylic acids is 3. The fourth-order valence-corrected chi connectivity index (χ4v) is 12.6. The lowest BCUT2D eigenvalue weighted by molar-refractivity contribution is -0.510. The van der Waals surface area contributed by atoms with Gasteiger partial charge in [0, 0.05) is 38.4 Å². The molecule has 540 valence electrons. The van der Waals surface area contributed by atoms with Gasteiger partial charge in [0.05, 0.1) is 23.8 Å². The average Bonchev–Trinajstić information content (AvgIpc) is 0.857. The van der Waals surface area contributed by atoms with Gasteiger partial charge in [-0.25, -0.2) is 4.63 Å². The van der Waals surface area contributed by atoms with Gasteiger partial charge in [0.2, 0.25) is 17.7 Å². The van der Waals surface area contributed by atoms with Crippen molar-refractivity contribution in [3.8, 4) is 0 Å². The SMILES string of the molecule is CCCCCCCCCCCCCCCC(=O)OC[C@H](COP(=O)([O-])O[C@@H]1[C@H](O)[C@H](O)[C@@H](O)[C@H](O)[C@H]1O[C@H]1O[C@H](CNC(=O)CCNc2ccc([N+](=O)[O-])c3nonc23)[C@@H](O[C@H]2O[C@H](CO)[C@@H](O)[C@H](O)[C@@H]2O)[C@H](O)[C@H]1[NH3+])OC(=O)CCCCCCCCCCCCCCC. The summed E-state index contributed by atoms with van der Waals surface area (Å²) in [6.45, 7) is 1.24. The minimum Gasteiger partial charge on any atom is -0.756 e. The molecule has 3 heterocycles. The minimum atomic E-state index is -5.80. The van der Waals surface area contributed by atoms with Crippen LogP contribution in [0.25, 0.3) is 11.0 Å². The molecule has 0 radical (unpaired) electrons. The molecule has 14 N–H and O–H groups in total. The summed E-state index contributed by atoms with van der Waals surface area (Å²) in [7, 11) is -5.80. The summed E-state index contributed by atoms with van der Waals surface area (Å²) in [5.41, 5.74) is 3.57. The molecular formula is C62H107N6O25P. The van der Waals surface area contributed by atoms with Crippen molar-refractivity contribution in [1.82, 2.24) is 15.6 Å². The normalized spacial score (nSPS) is 28.2. The molecule has 3 aliphatic rings. The number of fused-ring (bicyclic) bond motifs is 1. The van der Waals surface area contributed by atoms with E-state index in [1.54, 1.807) is 0 Å². The summed E-state index contributed by atoms with van der Waals surface area (Å²) in [5, 5.41) is 122. The van der Waals surface area contributed by atoms with E-state index in [9.17, 15) is 79.9 Å².